The normalized spacial score (nSPS) is 16.7. The van der Waals surface area contributed by atoms with Gasteiger partial charge in [0, 0.05) is 22.6 Å². The summed E-state index contributed by atoms with van der Waals surface area (Å²) in [6.07, 6.45) is 0. The van der Waals surface area contributed by atoms with Crippen molar-refractivity contribution in [1.82, 2.24) is 9.97 Å². The third-order valence-corrected chi connectivity index (χ3v) is 5.29. The van der Waals surface area contributed by atoms with E-state index in [1.807, 2.05) is 49.4 Å². The van der Waals surface area contributed by atoms with Crippen LogP contribution in [0.5, 0.6) is 5.75 Å². The minimum atomic E-state index is -0.613. The molecular formula is C22H17N3O4. The second kappa shape index (κ2) is 6.34. The van der Waals surface area contributed by atoms with E-state index in [2.05, 4.69) is 15.3 Å². The van der Waals surface area contributed by atoms with E-state index in [1.165, 1.54) is 0 Å². The fraction of sp³-hybridized carbons (Fsp3) is 0.136. The summed E-state index contributed by atoms with van der Waals surface area (Å²) in [6, 6.07) is 14.6. The van der Waals surface area contributed by atoms with Crippen molar-refractivity contribution in [3.8, 4) is 5.75 Å². The van der Waals surface area contributed by atoms with Crippen LogP contribution in [0.4, 0.5) is 5.82 Å². The lowest BCUT2D eigenvalue weighted by atomic mass is 9.81. The standard InChI is InChI=1S/C22H17N3O4/c1-2-29-12-9-7-11(8-10-12)15-16-18(13-5-3-4-6-14(13)19(16)26)23-20-17(15)21(27)25-22(28)24-20/h3-10,15H,2H2,1H3,(H3,23,24,25,27,28). The molecule has 29 heavy (non-hydrogen) atoms. The lowest BCUT2D eigenvalue weighted by Gasteiger charge is -2.27. The van der Waals surface area contributed by atoms with Crippen molar-refractivity contribution in [3.05, 3.63) is 97.2 Å². The largest absolute Gasteiger partial charge is 0.494 e. The van der Waals surface area contributed by atoms with Gasteiger partial charge in [-0.05, 0) is 24.6 Å². The molecule has 2 heterocycles. The molecule has 1 unspecified atom stereocenters. The van der Waals surface area contributed by atoms with Crippen LogP contribution in [0.2, 0.25) is 0 Å². The van der Waals surface area contributed by atoms with Crippen LogP contribution < -0.4 is 21.3 Å². The number of ether oxygens (including phenoxy) is 1. The Labute approximate surface area is 165 Å². The average molecular weight is 387 g/mol. The minimum Gasteiger partial charge on any atom is -0.494 e. The van der Waals surface area contributed by atoms with Crippen LogP contribution in [0.15, 0.2) is 63.7 Å². The van der Waals surface area contributed by atoms with Gasteiger partial charge in [0.2, 0.25) is 0 Å². The first-order valence-electron chi connectivity index (χ1n) is 9.33. The van der Waals surface area contributed by atoms with E-state index in [4.69, 9.17) is 4.74 Å². The number of aromatic nitrogens is 2. The molecule has 3 aromatic rings. The number of hydrogen-bond donors (Lipinski definition) is 3. The van der Waals surface area contributed by atoms with Gasteiger partial charge in [-0.25, -0.2) is 4.79 Å². The van der Waals surface area contributed by atoms with Gasteiger partial charge in [0.05, 0.1) is 17.9 Å². The lowest BCUT2D eigenvalue weighted by molar-refractivity contribution is 0.103. The van der Waals surface area contributed by atoms with Crippen LogP contribution in [-0.4, -0.2) is 22.4 Å². The molecule has 3 N–H and O–H groups in total. The molecule has 0 spiro atoms. The Morgan fingerprint density at radius 2 is 1.66 bits per heavy atom. The molecule has 7 nitrogen and oxygen atoms in total. The molecule has 0 bridgehead atoms. The molecule has 5 rings (SSSR count). The number of allylic oxidation sites excluding steroid dienone is 1. The average Bonchev–Trinajstić information content (AvgIpc) is 3.00. The number of carbonyl (C=O) groups excluding carboxylic acids is 1. The minimum absolute atomic E-state index is 0.127. The monoisotopic (exact) mass is 387 g/mol. The predicted octanol–water partition coefficient (Wildman–Crippen LogP) is 2.63. The van der Waals surface area contributed by atoms with E-state index in [-0.39, 0.29) is 5.78 Å². The molecule has 0 fully saturated rings. The molecule has 1 aliphatic carbocycles. The number of H-pyrrole nitrogens is 2. The highest BCUT2D eigenvalue weighted by Gasteiger charge is 2.41. The first kappa shape index (κ1) is 17.2. The van der Waals surface area contributed by atoms with Gasteiger partial charge < -0.3 is 10.1 Å². The number of benzene rings is 2. The van der Waals surface area contributed by atoms with Crippen molar-refractivity contribution in [2.45, 2.75) is 12.8 Å². The Bertz CT molecular complexity index is 1300. The summed E-state index contributed by atoms with van der Waals surface area (Å²) in [6.45, 7) is 2.44. The van der Waals surface area contributed by atoms with Gasteiger partial charge in [-0.3, -0.25) is 19.6 Å². The Kier molecular flexibility index (Phi) is 3.77. The number of hydrogen-bond acceptors (Lipinski definition) is 5. The zero-order valence-electron chi connectivity index (χ0n) is 15.5. The number of aromatic amines is 2. The number of ketones is 1. The smallest absolute Gasteiger partial charge is 0.327 e. The maximum atomic E-state index is 13.3. The van der Waals surface area contributed by atoms with Crippen LogP contribution in [0.1, 0.15) is 39.9 Å². The molecular weight excluding hydrogens is 370 g/mol. The summed E-state index contributed by atoms with van der Waals surface area (Å²) < 4.78 is 5.51. The number of anilines is 1. The number of fused-ring (bicyclic) bond motifs is 3. The van der Waals surface area contributed by atoms with Crippen LogP contribution in [-0.2, 0) is 0 Å². The quantitative estimate of drug-likeness (QED) is 0.641. The van der Waals surface area contributed by atoms with Gasteiger partial charge in [0.25, 0.3) is 5.56 Å². The maximum Gasteiger partial charge on any atom is 0.327 e. The van der Waals surface area contributed by atoms with E-state index in [1.54, 1.807) is 6.07 Å². The summed E-state index contributed by atoms with van der Waals surface area (Å²) in [7, 11) is 0. The SMILES string of the molecule is CCOc1ccc(C2C3=C(Nc4[nH]c(=O)[nH]c(=O)c42)c2ccccc2C3=O)cc1. The van der Waals surface area contributed by atoms with Gasteiger partial charge in [-0.2, -0.15) is 0 Å². The molecule has 1 atom stereocenters. The van der Waals surface area contributed by atoms with Crippen LogP contribution >= 0.6 is 0 Å². The molecule has 7 heteroatoms. The van der Waals surface area contributed by atoms with Crippen molar-refractivity contribution in [2.24, 2.45) is 0 Å². The first-order valence-corrected chi connectivity index (χ1v) is 9.33. The van der Waals surface area contributed by atoms with E-state index < -0.39 is 17.2 Å². The van der Waals surface area contributed by atoms with Gasteiger partial charge in [-0.15, -0.1) is 0 Å². The van der Waals surface area contributed by atoms with Gasteiger partial charge in [0.15, 0.2) is 5.78 Å². The summed E-state index contributed by atoms with van der Waals surface area (Å²) in [4.78, 5) is 42.8. The highest BCUT2D eigenvalue weighted by Crippen LogP contribution is 2.47. The first-order chi connectivity index (χ1) is 14.1. The number of carbonyl (C=O) groups is 1. The molecule has 0 radical (unpaired) electrons. The van der Waals surface area contributed by atoms with Gasteiger partial charge in [0.1, 0.15) is 11.6 Å². The second-order valence-electron chi connectivity index (χ2n) is 6.92. The molecule has 0 saturated heterocycles. The number of rotatable bonds is 3. The van der Waals surface area contributed by atoms with Crippen molar-refractivity contribution < 1.29 is 9.53 Å². The van der Waals surface area contributed by atoms with E-state index in [0.717, 1.165) is 11.1 Å². The molecule has 1 aromatic heterocycles. The van der Waals surface area contributed by atoms with Crippen LogP contribution in [0, 0.1) is 0 Å². The van der Waals surface area contributed by atoms with E-state index in [9.17, 15) is 14.4 Å². The fourth-order valence-electron chi connectivity index (χ4n) is 4.11. The molecule has 2 aliphatic rings. The summed E-state index contributed by atoms with van der Waals surface area (Å²) in [5.41, 5.74) is 2.41. The highest BCUT2D eigenvalue weighted by atomic mass is 16.5. The van der Waals surface area contributed by atoms with E-state index >= 15 is 0 Å². The molecule has 1 aliphatic heterocycles. The third kappa shape index (κ3) is 2.55. The highest BCUT2D eigenvalue weighted by molar-refractivity contribution is 6.23. The second-order valence-corrected chi connectivity index (χ2v) is 6.92. The van der Waals surface area contributed by atoms with Crippen molar-refractivity contribution in [1.29, 1.82) is 0 Å². The maximum absolute atomic E-state index is 13.3. The molecule has 144 valence electrons. The molecule has 0 saturated carbocycles. The lowest BCUT2D eigenvalue weighted by Crippen LogP contribution is -2.33. The Balaban J connectivity index is 1.76. The number of nitrogens with one attached hydrogen (secondary N) is 3. The van der Waals surface area contributed by atoms with Gasteiger partial charge >= 0.3 is 5.69 Å². The Morgan fingerprint density at radius 1 is 0.931 bits per heavy atom. The van der Waals surface area contributed by atoms with Crippen molar-refractivity contribution in [3.63, 3.8) is 0 Å². The molecule has 0 amide bonds. The van der Waals surface area contributed by atoms with Crippen LogP contribution in [0.3, 0.4) is 0 Å². The summed E-state index contributed by atoms with van der Waals surface area (Å²) in [5.74, 6) is 0.271. The van der Waals surface area contributed by atoms with Gasteiger partial charge in [-0.1, -0.05) is 36.4 Å². The topological polar surface area (TPSA) is 104 Å². The predicted molar refractivity (Wildman–Crippen MR) is 108 cm³/mol. The van der Waals surface area contributed by atoms with Crippen molar-refractivity contribution in [2.75, 3.05) is 11.9 Å². The zero-order valence-corrected chi connectivity index (χ0v) is 15.5. The number of Topliss-reactive ketones (excluding diaryl/α,β-unsaturated/α-hetero) is 1. The third-order valence-electron chi connectivity index (χ3n) is 5.29. The van der Waals surface area contributed by atoms with Crippen LogP contribution in [0.25, 0.3) is 5.70 Å². The summed E-state index contributed by atoms with van der Waals surface area (Å²) >= 11 is 0. The summed E-state index contributed by atoms with van der Waals surface area (Å²) in [5, 5.41) is 3.12. The Morgan fingerprint density at radius 3 is 2.38 bits per heavy atom. The zero-order chi connectivity index (χ0) is 20.1. The Hall–Kier alpha value is -3.87. The fourth-order valence-corrected chi connectivity index (χ4v) is 4.11. The molecule has 2 aromatic carbocycles. The van der Waals surface area contributed by atoms with E-state index in [0.29, 0.717) is 40.6 Å². The van der Waals surface area contributed by atoms with Crippen molar-refractivity contribution >= 4 is 17.3 Å².